The van der Waals surface area contributed by atoms with Crippen molar-refractivity contribution in [2.45, 2.75) is 38.1 Å². The van der Waals surface area contributed by atoms with Crippen LogP contribution in [0.5, 0.6) is 0 Å². The normalized spacial score (nSPS) is 19.5. The van der Waals surface area contributed by atoms with E-state index in [0.29, 0.717) is 18.7 Å². The Morgan fingerprint density at radius 1 is 1.22 bits per heavy atom. The van der Waals surface area contributed by atoms with Crippen LogP contribution in [0.4, 0.5) is 11.4 Å². The first-order chi connectivity index (χ1) is 15.3. The van der Waals surface area contributed by atoms with E-state index in [1.165, 1.54) is 0 Å². The van der Waals surface area contributed by atoms with Crippen molar-refractivity contribution >= 4 is 23.2 Å². The Bertz CT molecular complexity index is 866. The number of carbonyl (C=O) groups excluding carboxylic acids is 2. The predicted molar refractivity (Wildman–Crippen MR) is 123 cm³/mol. The van der Waals surface area contributed by atoms with Crippen LogP contribution in [-0.2, 0) is 9.59 Å². The van der Waals surface area contributed by atoms with Gasteiger partial charge in [-0.2, -0.15) is 0 Å². The van der Waals surface area contributed by atoms with E-state index in [4.69, 9.17) is 0 Å². The van der Waals surface area contributed by atoms with E-state index in [9.17, 15) is 19.7 Å². The van der Waals surface area contributed by atoms with Gasteiger partial charge in [0.05, 0.1) is 11.5 Å². The minimum atomic E-state index is -0.639. The van der Waals surface area contributed by atoms with Gasteiger partial charge < -0.3 is 25.3 Å². The fourth-order valence-corrected chi connectivity index (χ4v) is 4.04. The highest BCUT2D eigenvalue weighted by Crippen LogP contribution is 2.20. The highest BCUT2D eigenvalue weighted by Gasteiger charge is 2.30. The van der Waals surface area contributed by atoms with Gasteiger partial charge in [0.25, 0.3) is 6.20 Å². The fraction of sp³-hybridized carbons (Fsp3) is 0.545. The average molecular weight is 445 g/mol. The standard InChI is InChI=1S/C22H32N6O4/c1-25(2)18-9-7-8-17(14-18)23-20(15-28(31)32)24-19-10-3-4-13-27(22(19)30)16-21(29)26-11-5-6-12-26/h7-9,14-15,19,23-24H,3-6,10-13,16H2,1-2H3/b20-15-. The first-order valence-electron chi connectivity index (χ1n) is 11.1. The molecule has 0 spiro atoms. The summed E-state index contributed by atoms with van der Waals surface area (Å²) in [6.45, 7) is 2.06. The lowest BCUT2D eigenvalue weighted by Gasteiger charge is -2.27. The number of nitrogens with one attached hydrogen (secondary N) is 2. The van der Waals surface area contributed by atoms with Gasteiger partial charge in [-0.3, -0.25) is 19.7 Å². The molecule has 2 heterocycles. The van der Waals surface area contributed by atoms with E-state index in [1.54, 1.807) is 15.9 Å². The van der Waals surface area contributed by atoms with Gasteiger partial charge in [-0.15, -0.1) is 0 Å². The molecule has 2 amide bonds. The van der Waals surface area contributed by atoms with E-state index in [2.05, 4.69) is 10.6 Å². The minimum absolute atomic E-state index is 0.0313. The molecule has 2 N–H and O–H groups in total. The number of rotatable bonds is 8. The number of anilines is 2. The molecule has 0 saturated carbocycles. The van der Waals surface area contributed by atoms with E-state index < -0.39 is 11.0 Å². The van der Waals surface area contributed by atoms with Gasteiger partial charge in [0.15, 0.2) is 5.82 Å². The minimum Gasteiger partial charge on any atom is -0.378 e. The molecule has 174 valence electrons. The zero-order valence-electron chi connectivity index (χ0n) is 18.7. The zero-order chi connectivity index (χ0) is 23.1. The Morgan fingerprint density at radius 3 is 2.62 bits per heavy atom. The summed E-state index contributed by atoms with van der Waals surface area (Å²) in [5.41, 5.74) is 1.60. The molecule has 0 radical (unpaired) electrons. The Morgan fingerprint density at radius 2 is 1.94 bits per heavy atom. The molecule has 10 nitrogen and oxygen atoms in total. The van der Waals surface area contributed by atoms with E-state index in [0.717, 1.165) is 50.7 Å². The second-order valence-corrected chi connectivity index (χ2v) is 8.44. The molecular weight excluding hydrogens is 412 g/mol. The molecule has 1 atom stereocenters. The van der Waals surface area contributed by atoms with E-state index in [-0.39, 0.29) is 24.2 Å². The molecule has 0 aromatic heterocycles. The molecule has 2 aliphatic rings. The maximum absolute atomic E-state index is 13.2. The van der Waals surface area contributed by atoms with Crippen LogP contribution < -0.4 is 15.5 Å². The molecule has 1 aromatic carbocycles. The Balaban J connectivity index is 1.71. The van der Waals surface area contributed by atoms with Crippen molar-refractivity contribution in [1.82, 2.24) is 15.1 Å². The number of carbonyl (C=O) groups is 2. The fourth-order valence-electron chi connectivity index (χ4n) is 4.04. The Kier molecular flexibility index (Phi) is 7.91. The topological polar surface area (TPSA) is 111 Å². The lowest BCUT2D eigenvalue weighted by Crippen LogP contribution is -2.49. The van der Waals surface area contributed by atoms with Gasteiger partial charge in [-0.1, -0.05) is 6.07 Å². The third kappa shape index (κ3) is 6.35. The number of nitrogens with zero attached hydrogens (tertiary/aromatic N) is 4. The summed E-state index contributed by atoms with van der Waals surface area (Å²) in [5.74, 6) is -0.0960. The smallest absolute Gasteiger partial charge is 0.274 e. The van der Waals surface area contributed by atoms with Crippen LogP contribution in [0.25, 0.3) is 0 Å². The molecule has 0 bridgehead atoms. The summed E-state index contributed by atoms with van der Waals surface area (Å²) in [4.78, 5) is 41.7. The molecule has 32 heavy (non-hydrogen) atoms. The van der Waals surface area contributed by atoms with Gasteiger partial charge in [0, 0.05) is 45.1 Å². The first kappa shape index (κ1) is 23.4. The molecule has 3 rings (SSSR count). The highest BCUT2D eigenvalue weighted by molar-refractivity contribution is 5.88. The van der Waals surface area contributed by atoms with Crippen LogP contribution in [0.15, 0.2) is 36.3 Å². The second kappa shape index (κ2) is 10.8. The van der Waals surface area contributed by atoms with Crippen molar-refractivity contribution < 1.29 is 14.5 Å². The van der Waals surface area contributed by atoms with Crippen molar-refractivity contribution in [3.05, 3.63) is 46.4 Å². The van der Waals surface area contributed by atoms with Gasteiger partial charge >= 0.3 is 0 Å². The first-order valence-corrected chi connectivity index (χ1v) is 11.1. The lowest BCUT2D eigenvalue weighted by molar-refractivity contribution is -0.403. The zero-order valence-corrected chi connectivity index (χ0v) is 18.7. The molecule has 10 heteroatoms. The highest BCUT2D eigenvalue weighted by atomic mass is 16.6. The van der Waals surface area contributed by atoms with Crippen molar-refractivity contribution in [2.24, 2.45) is 0 Å². The van der Waals surface area contributed by atoms with Gasteiger partial charge in [0.2, 0.25) is 11.8 Å². The maximum atomic E-state index is 13.2. The number of likely N-dealkylation sites (tertiary alicyclic amines) is 2. The lowest BCUT2D eigenvalue weighted by atomic mass is 10.1. The monoisotopic (exact) mass is 444 g/mol. The van der Waals surface area contributed by atoms with Crippen molar-refractivity contribution in [3.63, 3.8) is 0 Å². The SMILES string of the molecule is CN(C)c1cccc(N/C(=C/[N+](=O)[O-])NC2CCCCN(CC(=O)N3CCCC3)C2=O)c1. The Hall–Kier alpha value is -3.30. The molecule has 1 unspecified atom stereocenters. The summed E-state index contributed by atoms with van der Waals surface area (Å²) < 4.78 is 0. The van der Waals surface area contributed by atoms with Crippen LogP contribution >= 0.6 is 0 Å². The molecular formula is C22H32N6O4. The van der Waals surface area contributed by atoms with Gasteiger partial charge in [-0.25, -0.2) is 0 Å². The van der Waals surface area contributed by atoms with Crippen molar-refractivity contribution in [3.8, 4) is 0 Å². The predicted octanol–water partition coefficient (Wildman–Crippen LogP) is 1.83. The largest absolute Gasteiger partial charge is 0.378 e. The molecule has 2 saturated heterocycles. The number of benzene rings is 1. The number of hydrogen-bond donors (Lipinski definition) is 2. The summed E-state index contributed by atoms with van der Waals surface area (Å²) >= 11 is 0. The maximum Gasteiger partial charge on any atom is 0.274 e. The van der Waals surface area contributed by atoms with Crippen LogP contribution in [0, 0.1) is 10.1 Å². The number of nitro groups is 1. The summed E-state index contributed by atoms with van der Waals surface area (Å²) in [7, 11) is 3.82. The summed E-state index contributed by atoms with van der Waals surface area (Å²) in [6.07, 6.45) is 4.96. The van der Waals surface area contributed by atoms with Crippen molar-refractivity contribution in [2.75, 3.05) is 50.5 Å². The average Bonchev–Trinajstić information content (AvgIpc) is 3.23. The van der Waals surface area contributed by atoms with Crippen LogP contribution in [0.2, 0.25) is 0 Å². The number of amides is 2. The molecule has 1 aromatic rings. The van der Waals surface area contributed by atoms with Crippen LogP contribution in [0.1, 0.15) is 32.1 Å². The van der Waals surface area contributed by atoms with E-state index in [1.807, 2.05) is 37.2 Å². The third-order valence-corrected chi connectivity index (χ3v) is 5.77. The van der Waals surface area contributed by atoms with Crippen LogP contribution in [0.3, 0.4) is 0 Å². The van der Waals surface area contributed by atoms with Crippen LogP contribution in [-0.4, -0.2) is 72.9 Å². The number of hydrogen-bond acceptors (Lipinski definition) is 7. The van der Waals surface area contributed by atoms with Crippen molar-refractivity contribution in [1.29, 1.82) is 0 Å². The van der Waals surface area contributed by atoms with Gasteiger partial charge in [0.1, 0.15) is 6.04 Å². The van der Waals surface area contributed by atoms with E-state index >= 15 is 0 Å². The summed E-state index contributed by atoms with van der Waals surface area (Å²) in [6, 6.07) is 6.81. The molecule has 0 aliphatic carbocycles. The summed E-state index contributed by atoms with van der Waals surface area (Å²) in [5, 5.41) is 17.3. The van der Waals surface area contributed by atoms with Gasteiger partial charge in [-0.05, 0) is 50.3 Å². The second-order valence-electron chi connectivity index (χ2n) is 8.44. The Labute approximate surface area is 188 Å². The molecule has 2 aliphatic heterocycles. The molecule has 2 fully saturated rings. The quantitative estimate of drug-likeness (QED) is 0.465. The third-order valence-electron chi connectivity index (χ3n) is 5.77.